The van der Waals surface area contributed by atoms with E-state index in [1.54, 1.807) is 7.11 Å². The number of ether oxygens (including phenoxy) is 1. The van der Waals surface area contributed by atoms with Gasteiger partial charge in [-0.1, -0.05) is 54.2 Å². The van der Waals surface area contributed by atoms with E-state index in [0.29, 0.717) is 0 Å². The molecule has 1 aromatic heterocycles. The molecule has 3 aromatic rings. The van der Waals surface area contributed by atoms with E-state index in [-0.39, 0.29) is 0 Å². The highest BCUT2D eigenvalue weighted by Gasteiger charge is 2.22. The summed E-state index contributed by atoms with van der Waals surface area (Å²) in [7, 11) is 1.70. The Balaban J connectivity index is 1.74. The van der Waals surface area contributed by atoms with Gasteiger partial charge in [0.25, 0.3) is 0 Å². The zero-order chi connectivity index (χ0) is 15.6. The van der Waals surface area contributed by atoms with Crippen LogP contribution >= 0.6 is 11.8 Å². The first-order chi connectivity index (χ1) is 11.3. The van der Waals surface area contributed by atoms with Crippen LogP contribution in [0.1, 0.15) is 11.3 Å². The fraction of sp³-hybridized carbons (Fsp3) is 0.211. The Morgan fingerprint density at radius 1 is 1.09 bits per heavy atom. The fourth-order valence-electron chi connectivity index (χ4n) is 2.98. The van der Waals surface area contributed by atoms with Gasteiger partial charge in [-0.2, -0.15) is 0 Å². The third kappa shape index (κ3) is 2.75. The zero-order valence-electron chi connectivity index (χ0n) is 13.0. The van der Waals surface area contributed by atoms with Crippen LogP contribution in [0, 0.1) is 0 Å². The van der Waals surface area contributed by atoms with Crippen molar-refractivity contribution >= 4 is 11.8 Å². The van der Waals surface area contributed by atoms with E-state index in [1.165, 1.54) is 16.8 Å². The second-order valence-electron chi connectivity index (χ2n) is 5.58. The van der Waals surface area contributed by atoms with Gasteiger partial charge in [-0.05, 0) is 17.7 Å². The van der Waals surface area contributed by atoms with Crippen LogP contribution in [0.3, 0.4) is 0 Å². The number of imidazole rings is 1. The minimum Gasteiger partial charge on any atom is -0.497 e. The van der Waals surface area contributed by atoms with Gasteiger partial charge in [-0.3, -0.25) is 0 Å². The molecule has 0 aliphatic carbocycles. The number of hydrogen-bond acceptors (Lipinski definition) is 3. The first-order valence-corrected chi connectivity index (χ1v) is 8.74. The second-order valence-corrected chi connectivity index (χ2v) is 6.64. The van der Waals surface area contributed by atoms with Crippen LogP contribution in [0.25, 0.3) is 11.3 Å². The predicted molar refractivity (Wildman–Crippen MR) is 94.2 cm³/mol. The van der Waals surface area contributed by atoms with Crippen molar-refractivity contribution in [3.8, 4) is 17.0 Å². The number of rotatable bonds is 4. The SMILES string of the molecule is COc1ccc(Cc2c(-c3ccccc3)nc3n2CCS3)cc1. The molecule has 0 saturated carbocycles. The highest BCUT2D eigenvalue weighted by Crippen LogP contribution is 2.34. The molecular formula is C19H18N2OS. The summed E-state index contributed by atoms with van der Waals surface area (Å²) in [5, 5.41) is 1.15. The molecule has 0 fully saturated rings. The standard InChI is InChI=1S/C19H18N2OS/c1-22-16-9-7-14(8-10-16)13-17-18(15-5-3-2-4-6-15)20-19-21(17)11-12-23-19/h2-10H,11-13H2,1H3. The number of aromatic nitrogens is 2. The van der Waals surface area contributed by atoms with Crippen molar-refractivity contribution in [3.63, 3.8) is 0 Å². The number of fused-ring (bicyclic) bond motifs is 1. The minimum absolute atomic E-state index is 0.891. The number of hydrogen-bond donors (Lipinski definition) is 0. The first-order valence-electron chi connectivity index (χ1n) is 7.75. The van der Waals surface area contributed by atoms with E-state index in [2.05, 4.69) is 41.0 Å². The molecule has 0 N–H and O–H groups in total. The third-order valence-corrected chi connectivity index (χ3v) is 5.12. The lowest BCUT2D eigenvalue weighted by molar-refractivity contribution is 0.414. The normalized spacial score (nSPS) is 13.1. The summed E-state index contributed by atoms with van der Waals surface area (Å²) in [4.78, 5) is 4.89. The molecule has 0 spiro atoms. The van der Waals surface area contributed by atoms with E-state index in [4.69, 9.17) is 9.72 Å². The van der Waals surface area contributed by atoms with Gasteiger partial charge in [0.1, 0.15) is 5.75 Å². The summed E-state index contributed by atoms with van der Waals surface area (Å²) in [6, 6.07) is 18.8. The molecule has 1 aliphatic heterocycles. The van der Waals surface area contributed by atoms with Gasteiger partial charge in [-0.15, -0.1) is 0 Å². The lowest BCUT2D eigenvalue weighted by atomic mass is 10.0. The highest BCUT2D eigenvalue weighted by atomic mass is 32.2. The summed E-state index contributed by atoms with van der Waals surface area (Å²) in [6.45, 7) is 1.05. The molecule has 1 aliphatic rings. The molecule has 0 unspecified atom stereocenters. The third-order valence-electron chi connectivity index (χ3n) is 4.16. The van der Waals surface area contributed by atoms with Crippen LogP contribution in [0.4, 0.5) is 0 Å². The molecule has 0 saturated heterocycles. The average molecular weight is 322 g/mol. The number of benzene rings is 2. The quantitative estimate of drug-likeness (QED) is 0.718. The van der Waals surface area contributed by atoms with E-state index in [1.807, 2.05) is 30.0 Å². The van der Waals surface area contributed by atoms with Gasteiger partial charge in [0, 0.05) is 24.3 Å². The van der Waals surface area contributed by atoms with Crippen molar-refractivity contribution in [2.24, 2.45) is 0 Å². The predicted octanol–water partition coefficient (Wildman–Crippen LogP) is 4.26. The fourth-order valence-corrected chi connectivity index (χ4v) is 3.95. The maximum atomic E-state index is 5.25. The Bertz CT molecular complexity index is 809. The summed E-state index contributed by atoms with van der Waals surface area (Å²) in [6.07, 6.45) is 0.891. The van der Waals surface area contributed by atoms with Crippen molar-refractivity contribution in [1.29, 1.82) is 0 Å². The Hall–Kier alpha value is -2.20. The van der Waals surface area contributed by atoms with Crippen molar-refractivity contribution in [3.05, 3.63) is 65.9 Å². The Kier molecular flexibility index (Phi) is 3.83. The molecule has 4 heteroatoms. The van der Waals surface area contributed by atoms with Crippen molar-refractivity contribution in [1.82, 2.24) is 9.55 Å². The van der Waals surface area contributed by atoms with Gasteiger partial charge in [0.15, 0.2) is 5.16 Å². The van der Waals surface area contributed by atoms with E-state index >= 15 is 0 Å². The Labute approximate surface area is 140 Å². The van der Waals surface area contributed by atoms with Gasteiger partial charge >= 0.3 is 0 Å². The molecule has 2 heterocycles. The van der Waals surface area contributed by atoms with Crippen LogP contribution in [-0.2, 0) is 13.0 Å². The number of nitrogens with zero attached hydrogens (tertiary/aromatic N) is 2. The summed E-state index contributed by atoms with van der Waals surface area (Å²) < 4.78 is 7.62. The summed E-state index contributed by atoms with van der Waals surface area (Å²) >= 11 is 1.85. The van der Waals surface area contributed by atoms with Gasteiger partial charge in [-0.25, -0.2) is 4.98 Å². The number of methoxy groups -OCH3 is 1. The van der Waals surface area contributed by atoms with Crippen LogP contribution in [0.15, 0.2) is 59.8 Å². The van der Waals surface area contributed by atoms with Gasteiger partial charge in [0.2, 0.25) is 0 Å². The molecule has 116 valence electrons. The van der Waals surface area contributed by atoms with Crippen LogP contribution < -0.4 is 4.74 Å². The number of thioether (sulfide) groups is 1. The second kappa shape index (κ2) is 6.13. The average Bonchev–Trinajstić information content (AvgIpc) is 3.19. The topological polar surface area (TPSA) is 27.1 Å². The molecular weight excluding hydrogens is 304 g/mol. The summed E-state index contributed by atoms with van der Waals surface area (Å²) in [5.41, 5.74) is 4.89. The maximum absolute atomic E-state index is 5.25. The lowest BCUT2D eigenvalue weighted by Crippen LogP contribution is -2.03. The van der Waals surface area contributed by atoms with Crippen molar-refractivity contribution in [2.45, 2.75) is 18.1 Å². The first kappa shape index (κ1) is 14.4. The van der Waals surface area contributed by atoms with Gasteiger partial charge in [0.05, 0.1) is 18.5 Å². The van der Waals surface area contributed by atoms with Crippen LogP contribution in [0.5, 0.6) is 5.75 Å². The largest absolute Gasteiger partial charge is 0.497 e. The lowest BCUT2D eigenvalue weighted by Gasteiger charge is -2.09. The Morgan fingerprint density at radius 3 is 2.61 bits per heavy atom. The van der Waals surface area contributed by atoms with E-state index < -0.39 is 0 Å². The smallest absolute Gasteiger partial charge is 0.168 e. The molecule has 2 aromatic carbocycles. The molecule has 4 rings (SSSR count). The minimum atomic E-state index is 0.891. The van der Waals surface area contributed by atoms with Crippen LogP contribution in [-0.4, -0.2) is 22.4 Å². The molecule has 0 amide bonds. The monoisotopic (exact) mass is 322 g/mol. The molecule has 0 radical (unpaired) electrons. The van der Waals surface area contributed by atoms with Crippen LogP contribution in [0.2, 0.25) is 0 Å². The van der Waals surface area contributed by atoms with Crippen molar-refractivity contribution < 1.29 is 4.74 Å². The zero-order valence-corrected chi connectivity index (χ0v) is 13.8. The molecule has 0 atom stereocenters. The summed E-state index contributed by atoms with van der Waals surface area (Å²) in [5.74, 6) is 2.01. The Morgan fingerprint density at radius 2 is 1.87 bits per heavy atom. The van der Waals surface area contributed by atoms with E-state index in [0.717, 1.165) is 35.3 Å². The van der Waals surface area contributed by atoms with E-state index in [9.17, 15) is 0 Å². The van der Waals surface area contributed by atoms with Crippen molar-refractivity contribution in [2.75, 3.05) is 12.9 Å². The van der Waals surface area contributed by atoms with Gasteiger partial charge < -0.3 is 9.30 Å². The highest BCUT2D eigenvalue weighted by molar-refractivity contribution is 7.99. The molecule has 23 heavy (non-hydrogen) atoms. The maximum Gasteiger partial charge on any atom is 0.168 e. The molecule has 3 nitrogen and oxygen atoms in total. The molecule has 0 bridgehead atoms.